The highest BCUT2D eigenvalue weighted by molar-refractivity contribution is 6.30. The summed E-state index contributed by atoms with van der Waals surface area (Å²) >= 11 is 6.05. The standard InChI is InChI=1S/C18H23ClN6O2/c19-12-2-1-3-13(8-12)24-17-14-9-15(25-18(14)23-11-22-17)16(21-5-7-27)10-20-4-6-26/h1-3,8-9,11,16,20-21,26-27H,4-7,10H2,(H2,22,23,24,25). The van der Waals surface area contributed by atoms with Crippen molar-refractivity contribution in [2.45, 2.75) is 6.04 Å². The number of rotatable bonds is 10. The summed E-state index contributed by atoms with van der Waals surface area (Å²) in [6.45, 7) is 1.66. The number of fused-ring (bicyclic) bond motifs is 1. The molecule has 27 heavy (non-hydrogen) atoms. The number of benzene rings is 1. The lowest BCUT2D eigenvalue weighted by atomic mass is 10.2. The number of aromatic nitrogens is 3. The molecule has 0 radical (unpaired) electrons. The molecule has 3 aromatic rings. The van der Waals surface area contributed by atoms with Gasteiger partial charge in [0.1, 0.15) is 17.8 Å². The van der Waals surface area contributed by atoms with Crippen molar-refractivity contribution >= 4 is 34.1 Å². The number of aromatic amines is 1. The summed E-state index contributed by atoms with van der Waals surface area (Å²) in [5, 5.41) is 29.3. The minimum Gasteiger partial charge on any atom is -0.395 e. The van der Waals surface area contributed by atoms with Gasteiger partial charge in [0.05, 0.1) is 24.6 Å². The minimum atomic E-state index is -0.0723. The molecule has 0 fully saturated rings. The van der Waals surface area contributed by atoms with Crippen LogP contribution in [0.2, 0.25) is 5.02 Å². The van der Waals surface area contributed by atoms with Crippen molar-refractivity contribution in [1.82, 2.24) is 25.6 Å². The van der Waals surface area contributed by atoms with Crippen LogP contribution in [0.5, 0.6) is 0 Å². The SMILES string of the molecule is OCCNCC(NCCO)c1cc2c(Nc3cccc(Cl)c3)ncnc2[nH]1. The molecule has 6 N–H and O–H groups in total. The van der Waals surface area contributed by atoms with E-state index < -0.39 is 0 Å². The van der Waals surface area contributed by atoms with Crippen LogP contribution in [0.1, 0.15) is 11.7 Å². The Morgan fingerprint density at radius 2 is 1.96 bits per heavy atom. The second kappa shape index (κ2) is 9.63. The van der Waals surface area contributed by atoms with Gasteiger partial charge in [-0.15, -0.1) is 0 Å². The maximum absolute atomic E-state index is 9.13. The normalized spacial score (nSPS) is 12.4. The Hall–Kier alpha value is -2.23. The summed E-state index contributed by atoms with van der Waals surface area (Å²) in [4.78, 5) is 12.0. The second-order valence-electron chi connectivity index (χ2n) is 6.00. The number of hydrogen-bond donors (Lipinski definition) is 6. The van der Waals surface area contributed by atoms with Crippen molar-refractivity contribution in [3.63, 3.8) is 0 Å². The fourth-order valence-electron chi connectivity index (χ4n) is 2.81. The van der Waals surface area contributed by atoms with E-state index in [0.29, 0.717) is 36.1 Å². The van der Waals surface area contributed by atoms with Gasteiger partial charge in [-0.05, 0) is 24.3 Å². The van der Waals surface area contributed by atoms with Crippen LogP contribution in [0.15, 0.2) is 36.7 Å². The first kappa shape index (κ1) is 19.5. The van der Waals surface area contributed by atoms with Gasteiger partial charge in [0.15, 0.2) is 0 Å². The van der Waals surface area contributed by atoms with Crippen LogP contribution in [0.4, 0.5) is 11.5 Å². The molecule has 3 rings (SSSR count). The molecule has 0 spiro atoms. The van der Waals surface area contributed by atoms with Crippen molar-refractivity contribution in [1.29, 1.82) is 0 Å². The third-order valence-electron chi connectivity index (χ3n) is 4.05. The Morgan fingerprint density at radius 1 is 1.11 bits per heavy atom. The van der Waals surface area contributed by atoms with Gasteiger partial charge in [0.25, 0.3) is 0 Å². The van der Waals surface area contributed by atoms with Crippen molar-refractivity contribution in [2.24, 2.45) is 0 Å². The summed E-state index contributed by atoms with van der Waals surface area (Å²) in [7, 11) is 0. The Labute approximate surface area is 162 Å². The van der Waals surface area contributed by atoms with Crippen LogP contribution in [-0.4, -0.2) is 58.0 Å². The molecule has 1 atom stereocenters. The molecule has 0 aliphatic carbocycles. The molecule has 9 heteroatoms. The maximum atomic E-state index is 9.13. The number of H-pyrrole nitrogens is 1. The number of aliphatic hydroxyl groups excluding tert-OH is 2. The lowest BCUT2D eigenvalue weighted by Gasteiger charge is -2.17. The van der Waals surface area contributed by atoms with E-state index in [2.05, 4.69) is 30.9 Å². The van der Waals surface area contributed by atoms with Crippen molar-refractivity contribution < 1.29 is 10.2 Å². The number of nitrogens with zero attached hydrogens (tertiary/aromatic N) is 2. The van der Waals surface area contributed by atoms with E-state index in [-0.39, 0.29) is 19.3 Å². The van der Waals surface area contributed by atoms with E-state index in [0.717, 1.165) is 16.8 Å². The lowest BCUT2D eigenvalue weighted by Crippen LogP contribution is -2.34. The lowest BCUT2D eigenvalue weighted by molar-refractivity contribution is 0.275. The molecule has 1 unspecified atom stereocenters. The number of nitrogens with one attached hydrogen (secondary N) is 4. The third-order valence-corrected chi connectivity index (χ3v) is 4.28. The van der Waals surface area contributed by atoms with E-state index >= 15 is 0 Å². The minimum absolute atomic E-state index is 0.0398. The van der Waals surface area contributed by atoms with Crippen molar-refractivity contribution in [2.75, 3.05) is 38.2 Å². The number of hydrogen-bond acceptors (Lipinski definition) is 7. The van der Waals surface area contributed by atoms with Gasteiger partial charge in [0, 0.05) is 36.0 Å². The first-order valence-electron chi connectivity index (χ1n) is 8.73. The molecule has 0 aliphatic rings. The average Bonchev–Trinajstić information content (AvgIpc) is 3.10. The van der Waals surface area contributed by atoms with Crippen LogP contribution in [0, 0.1) is 0 Å². The van der Waals surface area contributed by atoms with E-state index in [1.165, 1.54) is 6.33 Å². The Bertz CT molecular complexity index is 872. The molecule has 0 bridgehead atoms. The molecular formula is C18H23ClN6O2. The molecule has 8 nitrogen and oxygen atoms in total. The topological polar surface area (TPSA) is 118 Å². The van der Waals surface area contributed by atoms with Crippen LogP contribution in [0.25, 0.3) is 11.0 Å². The van der Waals surface area contributed by atoms with Gasteiger partial charge >= 0.3 is 0 Å². The highest BCUT2D eigenvalue weighted by Crippen LogP contribution is 2.27. The molecular weight excluding hydrogens is 368 g/mol. The van der Waals surface area contributed by atoms with E-state index in [1.54, 1.807) is 0 Å². The molecule has 0 saturated heterocycles. The zero-order valence-electron chi connectivity index (χ0n) is 14.7. The highest BCUT2D eigenvalue weighted by atomic mass is 35.5. The fourth-order valence-corrected chi connectivity index (χ4v) is 3.00. The highest BCUT2D eigenvalue weighted by Gasteiger charge is 2.16. The second-order valence-corrected chi connectivity index (χ2v) is 6.44. The van der Waals surface area contributed by atoms with Gasteiger partial charge in [0.2, 0.25) is 0 Å². The number of anilines is 2. The zero-order chi connectivity index (χ0) is 19.1. The van der Waals surface area contributed by atoms with Crippen molar-refractivity contribution in [3.05, 3.63) is 47.4 Å². The molecule has 1 aromatic carbocycles. The summed E-state index contributed by atoms with van der Waals surface area (Å²) in [5.41, 5.74) is 2.46. The van der Waals surface area contributed by atoms with Crippen LogP contribution >= 0.6 is 11.6 Å². The summed E-state index contributed by atoms with van der Waals surface area (Å²) in [6, 6.07) is 9.33. The summed E-state index contributed by atoms with van der Waals surface area (Å²) in [6.07, 6.45) is 1.50. The molecule has 0 saturated carbocycles. The predicted octanol–water partition coefficient (Wildman–Crippen LogP) is 1.56. The van der Waals surface area contributed by atoms with Gasteiger partial charge in [-0.3, -0.25) is 0 Å². The first-order chi connectivity index (χ1) is 13.2. The van der Waals surface area contributed by atoms with Crippen LogP contribution in [-0.2, 0) is 0 Å². The number of aliphatic hydroxyl groups is 2. The van der Waals surface area contributed by atoms with E-state index in [9.17, 15) is 0 Å². The first-order valence-corrected chi connectivity index (χ1v) is 9.11. The Morgan fingerprint density at radius 3 is 2.74 bits per heavy atom. The van der Waals surface area contributed by atoms with Crippen LogP contribution < -0.4 is 16.0 Å². The number of halogens is 1. The Kier molecular flexibility index (Phi) is 6.97. The molecule has 2 aromatic heterocycles. The van der Waals surface area contributed by atoms with Gasteiger partial charge in [-0.2, -0.15) is 0 Å². The van der Waals surface area contributed by atoms with E-state index in [1.807, 2.05) is 30.3 Å². The third kappa shape index (κ3) is 5.15. The maximum Gasteiger partial charge on any atom is 0.143 e. The largest absolute Gasteiger partial charge is 0.395 e. The molecule has 2 heterocycles. The van der Waals surface area contributed by atoms with Gasteiger partial charge in [-0.1, -0.05) is 17.7 Å². The van der Waals surface area contributed by atoms with Crippen LogP contribution in [0.3, 0.4) is 0 Å². The summed E-state index contributed by atoms with van der Waals surface area (Å²) in [5.74, 6) is 0.675. The molecule has 0 amide bonds. The smallest absolute Gasteiger partial charge is 0.143 e. The fraction of sp³-hybridized carbons (Fsp3) is 0.333. The van der Waals surface area contributed by atoms with Gasteiger partial charge < -0.3 is 31.1 Å². The average molecular weight is 391 g/mol. The summed E-state index contributed by atoms with van der Waals surface area (Å²) < 4.78 is 0. The zero-order valence-corrected chi connectivity index (χ0v) is 15.5. The molecule has 144 valence electrons. The Balaban J connectivity index is 1.86. The molecule has 0 aliphatic heterocycles. The monoisotopic (exact) mass is 390 g/mol. The van der Waals surface area contributed by atoms with E-state index in [4.69, 9.17) is 21.8 Å². The quantitative estimate of drug-likeness (QED) is 0.291. The van der Waals surface area contributed by atoms with Gasteiger partial charge in [-0.25, -0.2) is 9.97 Å². The predicted molar refractivity (Wildman–Crippen MR) is 106 cm³/mol. The van der Waals surface area contributed by atoms with Crippen molar-refractivity contribution in [3.8, 4) is 0 Å².